The average Bonchev–Trinajstić information content (AvgIpc) is 3.12. The van der Waals surface area contributed by atoms with Crippen LogP contribution in [-0.2, 0) is 18.4 Å². The van der Waals surface area contributed by atoms with Gasteiger partial charge in [0, 0.05) is 6.42 Å². The maximum absolute atomic E-state index is 12.7. The molecule has 0 aliphatic rings. The van der Waals surface area contributed by atoms with Crippen molar-refractivity contribution in [3.8, 4) is 0 Å². The molecule has 0 aromatic rings. The highest BCUT2D eigenvalue weighted by molar-refractivity contribution is 7.47. The summed E-state index contributed by atoms with van der Waals surface area (Å²) in [6.07, 6.45) is 43.7. The summed E-state index contributed by atoms with van der Waals surface area (Å²) in [7, 11) is 1.57. The van der Waals surface area contributed by atoms with Crippen LogP contribution in [0.2, 0.25) is 0 Å². The summed E-state index contributed by atoms with van der Waals surface area (Å²) in [5.74, 6) is -0.182. The molecule has 3 atom stereocenters. The van der Waals surface area contributed by atoms with Crippen LogP contribution >= 0.6 is 7.82 Å². The number of nitrogens with one attached hydrogen (secondary N) is 1. The van der Waals surface area contributed by atoms with Gasteiger partial charge >= 0.3 is 7.82 Å². The molecule has 0 rings (SSSR count). The maximum atomic E-state index is 12.7. The van der Waals surface area contributed by atoms with E-state index in [2.05, 4.69) is 19.2 Å². The minimum Gasteiger partial charge on any atom is -0.387 e. The zero-order valence-electron chi connectivity index (χ0n) is 36.5. The Balaban J connectivity index is 3.80. The molecule has 3 unspecified atom stereocenters. The van der Waals surface area contributed by atoms with Gasteiger partial charge in [0.2, 0.25) is 5.91 Å². The first-order valence-corrected chi connectivity index (χ1v) is 24.6. The fourth-order valence-electron chi connectivity index (χ4n) is 6.79. The molecule has 0 aliphatic heterocycles. The summed E-state index contributed by atoms with van der Waals surface area (Å²) < 4.78 is 23.3. The summed E-state index contributed by atoms with van der Waals surface area (Å²) in [6.45, 7) is 4.68. The van der Waals surface area contributed by atoms with Crippen LogP contribution in [0.15, 0.2) is 12.2 Å². The molecule has 0 aromatic heterocycles. The number of nitrogens with zero attached hydrogens (tertiary/aromatic N) is 1. The molecule has 0 bridgehead atoms. The Morgan fingerprint density at radius 2 is 0.981 bits per heavy atom. The molecule has 9 heteroatoms. The van der Waals surface area contributed by atoms with Gasteiger partial charge in [0.15, 0.2) is 0 Å². The van der Waals surface area contributed by atoms with Crippen LogP contribution in [0.4, 0.5) is 0 Å². The van der Waals surface area contributed by atoms with E-state index in [-0.39, 0.29) is 19.1 Å². The Morgan fingerprint density at radius 1 is 0.611 bits per heavy atom. The van der Waals surface area contributed by atoms with Gasteiger partial charge in [-0.3, -0.25) is 13.8 Å². The number of aliphatic hydroxyl groups excluding tert-OH is 1. The number of carbonyl (C=O) groups excluding carboxylic acids is 1. The molecule has 0 radical (unpaired) electrons. The molecule has 54 heavy (non-hydrogen) atoms. The van der Waals surface area contributed by atoms with Crippen molar-refractivity contribution in [2.45, 2.75) is 231 Å². The molecule has 8 nitrogen and oxygen atoms in total. The van der Waals surface area contributed by atoms with Gasteiger partial charge in [-0.1, -0.05) is 212 Å². The Morgan fingerprint density at radius 3 is 1.35 bits per heavy atom. The van der Waals surface area contributed by atoms with Gasteiger partial charge in [-0.05, 0) is 12.8 Å². The third-order valence-electron chi connectivity index (χ3n) is 10.5. The van der Waals surface area contributed by atoms with Crippen LogP contribution in [0.25, 0.3) is 0 Å². The topological polar surface area (TPSA) is 105 Å². The highest BCUT2D eigenvalue weighted by Gasteiger charge is 2.27. The lowest BCUT2D eigenvalue weighted by Gasteiger charge is -2.25. The van der Waals surface area contributed by atoms with Gasteiger partial charge in [-0.25, -0.2) is 4.57 Å². The molecule has 0 heterocycles. The van der Waals surface area contributed by atoms with Gasteiger partial charge < -0.3 is 19.8 Å². The number of hydrogen-bond acceptors (Lipinski definition) is 5. The van der Waals surface area contributed by atoms with E-state index >= 15 is 0 Å². The second-order valence-corrected chi connectivity index (χ2v) is 18.6. The first-order valence-electron chi connectivity index (χ1n) is 23.1. The van der Waals surface area contributed by atoms with Gasteiger partial charge in [0.1, 0.15) is 13.2 Å². The fourth-order valence-corrected chi connectivity index (χ4v) is 7.53. The van der Waals surface area contributed by atoms with Crippen LogP contribution < -0.4 is 5.32 Å². The Bertz CT molecular complexity index is 896. The summed E-state index contributed by atoms with van der Waals surface area (Å²) in [4.78, 5) is 22.9. The molecular formula is C45H92N2O6P+. The molecule has 1 amide bonds. The predicted molar refractivity (Wildman–Crippen MR) is 231 cm³/mol. The van der Waals surface area contributed by atoms with Crippen LogP contribution in [-0.4, -0.2) is 73.4 Å². The van der Waals surface area contributed by atoms with Crippen molar-refractivity contribution in [1.82, 2.24) is 5.32 Å². The number of amides is 1. The minimum absolute atomic E-state index is 0.0629. The summed E-state index contributed by atoms with van der Waals surface area (Å²) in [6, 6.07) is -0.836. The molecule has 0 aromatic carbocycles. The molecule has 0 saturated heterocycles. The number of allylic oxidation sites excluding steroid dienone is 1. The zero-order valence-corrected chi connectivity index (χ0v) is 37.4. The quantitative estimate of drug-likeness (QED) is 0.0246. The summed E-state index contributed by atoms with van der Waals surface area (Å²) >= 11 is 0. The third kappa shape index (κ3) is 39.5. The van der Waals surface area contributed by atoms with Crippen molar-refractivity contribution < 1.29 is 32.9 Å². The van der Waals surface area contributed by atoms with Crippen molar-refractivity contribution in [1.29, 1.82) is 0 Å². The summed E-state index contributed by atoms with van der Waals surface area (Å²) in [5, 5.41) is 13.5. The summed E-state index contributed by atoms with van der Waals surface area (Å²) in [5.41, 5.74) is 0. The second kappa shape index (κ2) is 37.8. The smallest absolute Gasteiger partial charge is 0.387 e. The van der Waals surface area contributed by atoms with E-state index in [1.807, 2.05) is 27.2 Å². The van der Waals surface area contributed by atoms with Crippen molar-refractivity contribution in [3.05, 3.63) is 12.2 Å². The van der Waals surface area contributed by atoms with E-state index in [9.17, 15) is 19.4 Å². The standard InChI is InChI=1S/C45H91N2O6P/c1-6-8-10-12-13-14-15-16-17-18-19-20-21-22-23-24-25-26-27-28-29-30-31-32-33-34-35-37-39-45(49)46-43(44(48)38-36-11-9-7-2)42-53-54(50,51)52-41-40-47(3,4)5/h36,38,43-44,48H,6-35,37,39-42H2,1-5H3,(H-,46,49,50,51)/p+1/b38-36+. The number of hydrogen-bond donors (Lipinski definition) is 3. The molecule has 0 spiro atoms. The normalized spacial score (nSPS) is 14.4. The highest BCUT2D eigenvalue weighted by atomic mass is 31.2. The van der Waals surface area contributed by atoms with Gasteiger partial charge in [0.05, 0.1) is 39.9 Å². The van der Waals surface area contributed by atoms with Crippen LogP contribution in [0.3, 0.4) is 0 Å². The first-order chi connectivity index (χ1) is 26.0. The fraction of sp³-hybridized carbons (Fsp3) is 0.933. The molecule has 0 fully saturated rings. The Hall–Kier alpha value is -0.760. The van der Waals surface area contributed by atoms with Crippen LogP contribution in [0.1, 0.15) is 219 Å². The molecule has 0 aliphatic carbocycles. The molecule has 0 saturated carbocycles. The number of carbonyl (C=O) groups is 1. The number of aliphatic hydroxyl groups is 1. The van der Waals surface area contributed by atoms with E-state index in [1.165, 1.54) is 161 Å². The maximum Gasteiger partial charge on any atom is 0.472 e. The zero-order chi connectivity index (χ0) is 40.0. The lowest BCUT2D eigenvalue weighted by atomic mass is 10.0. The Kier molecular flexibility index (Phi) is 37.3. The van der Waals surface area contributed by atoms with Crippen molar-refractivity contribution in [2.24, 2.45) is 0 Å². The lowest BCUT2D eigenvalue weighted by Crippen LogP contribution is -2.45. The van der Waals surface area contributed by atoms with E-state index in [1.54, 1.807) is 6.08 Å². The van der Waals surface area contributed by atoms with Gasteiger partial charge in [-0.15, -0.1) is 0 Å². The van der Waals surface area contributed by atoms with Crippen LogP contribution in [0, 0.1) is 0 Å². The second-order valence-electron chi connectivity index (χ2n) is 17.1. The minimum atomic E-state index is -4.31. The largest absolute Gasteiger partial charge is 0.472 e. The van der Waals surface area contributed by atoms with E-state index < -0.39 is 20.0 Å². The van der Waals surface area contributed by atoms with E-state index in [0.717, 1.165) is 38.5 Å². The monoisotopic (exact) mass is 788 g/mol. The number of rotatable bonds is 42. The van der Waals surface area contributed by atoms with Crippen molar-refractivity contribution in [3.63, 3.8) is 0 Å². The average molecular weight is 788 g/mol. The molecular weight excluding hydrogens is 695 g/mol. The van der Waals surface area contributed by atoms with Gasteiger partial charge in [-0.2, -0.15) is 0 Å². The predicted octanol–water partition coefficient (Wildman–Crippen LogP) is 12.8. The number of quaternary nitrogens is 1. The van der Waals surface area contributed by atoms with Crippen LogP contribution in [0.5, 0.6) is 0 Å². The SMILES string of the molecule is CCCC/C=C/C(O)C(COP(=O)(O)OCC[N+](C)(C)C)NC(=O)CCCCCCCCCCCCCCCCCCCCCCCCCCCCCC. The van der Waals surface area contributed by atoms with Gasteiger partial charge in [0.25, 0.3) is 0 Å². The van der Waals surface area contributed by atoms with E-state index in [0.29, 0.717) is 17.4 Å². The number of unbranched alkanes of at least 4 members (excludes halogenated alkanes) is 29. The number of phosphoric acid groups is 1. The third-order valence-corrected chi connectivity index (χ3v) is 11.5. The molecule has 322 valence electrons. The lowest BCUT2D eigenvalue weighted by molar-refractivity contribution is -0.870. The highest BCUT2D eigenvalue weighted by Crippen LogP contribution is 2.43. The van der Waals surface area contributed by atoms with E-state index in [4.69, 9.17) is 9.05 Å². The first kappa shape index (κ1) is 53.2. The van der Waals surface area contributed by atoms with Crippen molar-refractivity contribution >= 4 is 13.7 Å². The molecule has 3 N–H and O–H groups in total. The number of likely N-dealkylation sites (N-methyl/N-ethyl adjacent to an activating group) is 1. The number of phosphoric ester groups is 1. The van der Waals surface area contributed by atoms with Crippen molar-refractivity contribution in [2.75, 3.05) is 40.9 Å². The Labute approximate surface area is 335 Å².